The molecule has 31 heavy (non-hydrogen) atoms. The molecule has 3 rings (SSSR count). The fraction of sp³-hybridized carbons (Fsp3) is 0.190. The van der Waals surface area contributed by atoms with E-state index in [1.54, 1.807) is 36.7 Å². The minimum absolute atomic E-state index is 0.123. The van der Waals surface area contributed by atoms with Crippen LogP contribution in [0.4, 0.5) is 11.4 Å². The third-order valence-corrected chi connectivity index (χ3v) is 5.95. The Kier molecular flexibility index (Phi) is 8.13. The number of anilines is 2. The second-order valence-electron chi connectivity index (χ2n) is 6.52. The molecule has 1 aromatic carbocycles. The molecule has 0 aliphatic heterocycles. The molecule has 0 atom stereocenters. The third kappa shape index (κ3) is 7.83. The Morgan fingerprint density at radius 2 is 1.87 bits per heavy atom. The van der Waals surface area contributed by atoms with Crippen molar-refractivity contribution in [1.82, 2.24) is 15.3 Å². The van der Waals surface area contributed by atoms with Crippen LogP contribution in [-0.4, -0.2) is 33.4 Å². The Labute approximate surface area is 187 Å². The average Bonchev–Trinajstić information content (AvgIpc) is 3.18. The standard InChI is InChI=1S/C21H21N5O3S2/c1-14(27)24-16-5-2-6-17(8-16)25-20(29)13-31-21-26-18(12-30-21)9-19(28)23-11-15-4-3-7-22-10-15/h2-8,10,12H,9,11,13H2,1H3,(H,23,28)(H,24,27)(H,25,29). The number of nitrogens with one attached hydrogen (secondary N) is 3. The van der Waals surface area contributed by atoms with Crippen LogP contribution in [0, 0.1) is 0 Å². The number of carbonyl (C=O) groups excluding carboxylic acids is 3. The highest BCUT2D eigenvalue weighted by Crippen LogP contribution is 2.23. The lowest BCUT2D eigenvalue weighted by Crippen LogP contribution is -2.24. The Bertz CT molecular complexity index is 1060. The predicted octanol–water partition coefficient (Wildman–Crippen LogP) is 3.09. The molecule has 0 fully saturated rings. The SMILES string of the molecule is CC(=O)Nc1cccc(NC(=O)CSc2nc(CC(=O)NCc3cccnc3)cs2)c1. The van der Waals surface area contributed by atoms with Gasteiger partial charge in [-0.15, -0.1) is 11.3 Å². The summed E-state index contributed by atoms with van der Waals surface area (Å²) in [4.78, 5) is 43.9. The van der Waals surface area contributed by atoms with Crippen molar-refractivity contribution in [3.8, 4) is 0 Å². The summed E-state index contributed by atoms with van der Waals surface area (Å²) in [5, 5.41) is 10.1. The summed E-state index contributed by atoms with van der Waals surface area (Å²) in [6, 6.07) is 10.7. The number of carbonyl (C=O) groups is 3. The molecule has 0 aliphatic rings. The normalized spacial score (nSPS) is 10.4. The monoisotopic (exact) mass is 455 g/mol. The summed E-state index contributed by atoms with van der Waals surface area (Å²) < 4.78 is 0.720. The van der Waals surface area contributed by atoms with Crippen molar-refractivity contribution in [2.24, 2.45) is 0 Å². The number of thioether (sulfide) groups is 1. The van der Waals surface area contributed by atoms with Crippen molar-refractivity contribution < 1.29 is 14.4 Å². The Hall–Kier alpha value is -3.24. The van der Waals surface area contributed by atoms with E-state index in [1.165, 1.54) is 30.0 Å². The van der Waals surface area contributed by atoms with Gasteiger partial charge in [-0.2, -0.15) is 0 Å². The van der Waals surface area contributed by atoms with Gasteiger partial charge in [0.2, 0.25) is 17.7 Å². The second kappa shape index (κ2) is 11.2. The van der Waals surface area contributed by atoms with Gasteiger partial charge in [0, 0.05) is 42.6 Å². The molecule has 3 N–H and O–H groups in total. The van der Waals surface area contributed by atoms with Crippen molar-refractivity contribution in [3.63, 3.8) is 0 Å². The van der Waals surface area contributed by atoms with Gasteiger partial charge >= 0.3 is 0 Å². The van der Waals surface area contributed by atoms with E-state index in [2.05, 4.69) is 25.9 Å². The average molecular weight is 456 g/mol. The van der Waals surface area contributed by atoms with Gasteiger partial charge in [0.1, 0.15) is 0 Å². The molecule has 2 aromatic heterocycles. The summed E-state index contributed by atoms with van der Waals surface area (Å²) in [6.45, 7) is 1.84. The maximum atomic E-state index is 12.2. The number of pyridine rings is 1. The number of benzene rings is 1. The first-order valence-electron chi connectivity index (χ1n) is 9.38. The maximum absolute atomic E-state index is 12.2. The van der Waals surface area contributed by atoms with Gasteiger partial charge in [0.25, 0.3) is 0 Å². The van der Waals surface area contributed by atoms with Gasteiger partial charge in [-0.3, -0.25) is 19.4 Å². The Morgan fingerprint density at radius 3 is 2.61 bits per heavy atom. The Balaban J connectivity index is 1.42. The van der Waals surface area contributed by atoms with Crippen LogP contribution in [0.15, 0.2) is 58.5 Å². The molecule has 160 valence electrons. The fourth-order valence-corrected chi connectivity index (χ4v) is 4.21. The number of hydrogen-bond acceptors (Lipinski definition) is 7. The first-order valence-corrected chi connectivity index (χ1v) is 11.2. The van der Waals surface area contributed by atoms with Crippen molar-refractivity contribution in [3.05, 3.63) is 65.4 Å². The van der Waals surface area contributed by atoms with Crippen LogP contribution < -0.4 is 16.0 Å². The topological polar surface area (TPSA) is 113 Å². The summed E-state index contributed by atoms with van der Waals surface area (Å²) >= 11 is 2.70. The van der Waals surface area contributed by atoms with E-state index < -0.39 is 0 Å². The van der Waals surface area contributed by atoms with Gasteiger partial charge < -0.3 is 16.0 Å². The zero-order valence-corrected chi connectivity index (χ0v) is 18.4. The molecule has 0 saturated heterocycles. The van der Waals surface area contributed by atoms with Gasteiger partial charge in [-0.1, -0.05) is 23.9 Å². The van der Waals surface area contributed by atoms with Gasteiger partial charge in [0.15, 0.2) is 4.34 Å². The first-order chi connectivity index (χ1) is 15.0. The summed E-state index contributed by atoms with van der Waals surface area (Å²) in [5.74, 6) is -0.298. The molecule has 0 spiro atoms. The number of hydrogen-bond donors (Lipinski definition) is 3. The lowest BCUT2D eigenvalue weighted by Gasteiger charge is -2.07. The van der Waals surface area contributed by atoms with Crippen LogP contribution in [0.25, 0.3) is 0 Å². The first kappa shape index (κ1) is 22.4. The van der Waals surface area contributed by atoms with Crippen LogP contribution in [0.2, 0.25) is 0 Å². The zero-order chi connectivity index (χ0) is 22.1. The van der Waals surface area contributed by atoms with Gasteiger partial charge in [-0.05, 0) is 29.8 Å². The summed E-state index contributed by atoms with van der Waals surface area (Å²) in [7, 11) is 0. The lowest BCUT2D eigenvalue weighted by molar-refractivity contribution is -0.120. The summed E-state index contributed by atoms with van der Waals surface area (Å²) in [5.41, 5.74) is 2.81. The second-order valence-corrected chi connectivity index (χ2v) is 8.60. The largest absolute Gasteiger partial charge is 0.352 e. The van der Waals surface area contributed by atoms with Crippen molar-refractivity contribution in [2.45, 2.75) is 24.2 Å². The van der Waals surface area contributed by atoms with Crippen molar-refractivity contribution in [2.75, 3.05) is 16.4 Å². The minimum Gasteiger partial charge on any atom is -0.352 e. The van der Waals surface area contributed by atoms with E-state index >= 15 is 0 Å². The molecule has 0 bridgehead atoms. The van der Waals surface area contributed by atoms with Crippen LogP contribution in [-0.2, 0) is 27.3 Å². The third-order valence-electron chi connectivity index (χ3n) is 3.88. The molecular formula is C21H21N5O3S2. The molecule has 0 unspecified atom stereocenters. The molecule has 2 heterocycles. The van der Waals surface area contributed by atoms with E-state index in [-0.39, 0.29) is 29.9 Å². The molecule has 0 radical (unpaired) electrons. The van der Waals surface area contributed by atoms with E-state index in [1.807, 2.05) is 17.5 Å². The molecule has 3 aromatic rings. The highest BCUT2D eigenvalue weighted by Gasteiger charge is 2.10. The van der Waals surface area contributed by atoms with Crippen molar-refractivity contribution >= 4 is 52.2 Å². The fourth-order valence-electron chi connectivity index (χ4n) is 2.57. The number of nitrogens with zero attached hydrogens (tertiary/aromatic N) is 2. The van der Waals surface area contributed by atoms with Crippen molar-refractivity contribution in [1.29, 1.82) is 0 Å². The van der Waals surface area contributed by atoms with Crippen LogP contribution in [0.3, 0.4) is 0 Å². The number of aromatic nitrogens is 2. The van der Waals surface area contributed by atoms with E-state index in [0.29, 0.717) is 23.6 Å². The Morgan fingerprint density at radius 1 is 1.06 bits per heavy atom. The van der Waals surface area contributed by atoms with Crippen LogP contribution >= 0.6 is 23.1 Å². The summed E-state index contributed by atoms with van der Waals surface area (Å²) in [6.07, 6.45) is 3.57. The predicted molar refractivity (Wildman–Crippen MR) is 122 cm³/mol. The minimum atomic E-state index is -0.184. The molecule has 0 saturated carbocycles. The van der Waals surface area contributed by atoms with Crippen LogP contribution in [0.1, 0.15) is 18.2 Å². The molecule has 10 heteroatoms. The lowest BCUT2D eigenvalue weighted by atomic mass is 10.2. The van der Waals surface area contributed by atoms with Crippen LogP contribution in [0.5, 0.6) is 0 Å². The van der Waals surface area contributed by atoms with E-state index in [9.17, 15) is 14.4 Å². The highest BCUT2D eigenvalue weighted by atomic mass is 32.2. The molecule has 8 nitrogen and oxygen atoms in total. The smallest absolute Gasteiger partial charge is 0.234 e. The highest BCUT2D eigenvalue weighted by molar-refractivity contribution is 8.01. The molecule has 3 amide bonds. The maximum Gasteiger partial charge on any atom is 0.234 e. The number of rotatable bonds is 9. The van der Waals surface area contributed by atoms with E-state index in [0.717, 1.165) is 9.90 Å². The van der Waals surface area contributed by atoms with E-state index in [4.69, 9.17) is 0 Å². The quantitative estimate of drug-likeness (QED) is 0.428. The number of thiazole rings is 1. The molecule has 0 aliphatic carbocycles. The zero-order valence-electron chi connectivity index (χ0n) is 16.8. The van der Waals surface area contributed by atoms with Gasteiger partial charge in [0.05, 0.1) is 17.9 Å². The molecular weight excluding hydrogens is 434 g/mol. The number of amides is 3. The van der Waals surface area contributed by atoms with Gasteiger partial charge in [-0.25, -0.2) is 4.98 Å².